The van der Waals surface area contributed by atoms with Crippen LogP contribution in [-0.2, 0) is 94.4 Å². The summed E-state index contributed by atoms with van der Waals surface area (Å²) in [7, 11) is -11.2. The number of nitrogens with one attached hydrogen (secondary N) is 3. The van der Waals surface area contributed by atoms with Crippen LogP contribution in [0.5, 0.6) is 0 Å². The van der Waals surface area contributed by atoms with E-state index >= 15 is 9.59 Å². The number of rotatable bonds is 79. The fourth-order valence-corrected chi connectivity index (χ4v) is 16.4. The molecule has 0 aliphatic carbocycles. The summed E-state index contributed by atoms with van der Waals surface area (Å²) < 4.78 is 85.4. The number of aliphatic hydroxyl groups excluding tert-OH is 2. The minimum Gasteiger partial charge on any atom is -0.480 e. The normalized spacial score (nSPS) is 20.4. The molecule has 30 nitrogen and oxygen atoms in total. The predicted molar refractivity (Wildman–Crippen MR) is 462 cm³/mol. The molecule has 2 fully saturated rings. The van der Waals surface area contributed by atoms with E-state index in [-0.39, 0.29) is 38.5 Å². The number of aliphatic carboxylic acids is 1. The number of amides is 3. The SMILES string of the molecule is CCCCCCCCCCC[C@H](CC(=O)N[C@H]1[C@H](OC[C@H](NC(=O)C[C@@H](CCCCCCCCCCC)OC(=O)CCCCCCCCC)C(=O)O)O[C@H](CO[C@@H]2O[C@H](COP(=O)(O)O)[C@@H](O)[C@H](O)[C@H]2NC(C)=O)[C@@H](OP(=O)(O)O)[C@@H]1OC(=O)C[C@@H](CCCCCCCCCCC)OC(=O)CCCCCCCCC)OC(=O)CCCCCCCCC. The van der Waals surface area contributed by atoms with Gasteiger partial charge in [-0.3, -0.25) is 42.6 Å². The van der Waals surface area contributed by atoms with Gasteiger partial charge in [-0.1, -0.05) is 311 Å². The molecular weight excluding hydrogens is 1600 g/mol. The standard InChI is InChI=1S/C89H165N3O27P2/c1-8-14-20-26-32-35-41-44-50-56-69(113-77(96)59-53-47-38-29-23-17-11-4)62-75(94)91-72(87(102)103)65-110-89-82(92-76(95)63-70(57-51-45-42-36-33-27-21-15-9-2)114-78(97)60-54-48-39-30-24-18-12-5)86(118-80(99)64-71(58-52-46-43-37-34-28-22-16-10-3)115-79(98)61-55-49-40-31-25-19-13-6)85(119-121(107,108)109)74(117-89)66-111-88-81(90-68(7)93)84(101)83(100)73(116-88)67-112-120(104,105)106/h69-74,81-86,88-89,100-101H,8-67H2,1-7H3,(H,90,93)(H,91,94)(H,92,95)(H,102,103)(H2,104,105,106)(H2,107,108,109)/t69-,70-,71-,72+,73-,74-,81-,82-,83-,84-,85-,86-,88-,89-/m1/s1. The number of carboxylic acids is 1. The lowest BCUT2D eigenvalue weighted by molar-refractivity contribution is -0.303. The maximum Gasteiger partial charge on any atom is 0.470 e. The van der Waals surface area contributed by atoms with Gasteiger partial charge in [0.05, 0.1) is 39.1 Å². The Morgan fingerprint density at radius 3 is 1.07 bits per heavy atom. The zero-order valence-corrected chi connectivity index (χ0v) is 77.0. The molecule has 0 unspecified atom stereocenters. The van der Waals surface area contributed by atoms with Crippen LogP contribution in [0.1, 0.15) is 414 Å². The first-order valence-corrected chi connectivity index (χ1v) is 50.3. The van der Waals surface area contributed by atoms with Crippen LogP contribution in [0, 0.1) is 0 Å². The summed E-state index contributed by atoms with van der Waals surface area (Å²) in [6.07, 6.45) is 24.9. The Balaban J connectivity index is 3.02. The molecule has 0 aromatic heterocycles. The molecular formula is C89H165N3O27P2. The van der Waals surface area contributed by atoms with Gasteiger partial charge >= 0.3 is 45.5 Å². The Morgan fingerprint density at radius 2 is 0.711 bits per heavy atom. The van der Waals surface area contributed by atoms with Crippen molar-refractivity contribution in [3.63, 3.8) is 0 Å². The number of phosphoric acid groups is 2. The van der Waals surface area contributed by atoms with Gasteiger partial charge in [-0.25, -0.2) is 13.9 Å². The Bertz CT molecular complexity index is 2820. The number of esters is 4. The molecule has 2 rings (SSSR count). The predicted octanol–water partition coefficient (Wildman–Crippen LogP) is 17.3. The molecule has 2 heterocycles. The number of carbonyl (C=O) groups is 8. The number of ether oxygens (including phenoxy) is 8. The smallest absolute Gasteiger partial charge is 0.470 e. The minimum absolute atomic E-state index is 0.0318. The summed E-state index contributed by atoms with van der Waals surface area (Å²) in [5.41, 5.74) is 0. The summed E-state index contributed by atoms with van der Waals surface area (Å²) in [5, 5.41) is 41.4. The number of hydrogen-bond acceptors (Lipinski definition) is 22. The highest BCUT2D eigenvalue weighted by molar-refractivity contribution is 7.46. The maximum atomic E-state index is 15.3. The first-order chi connectivity index (χ1) is 58.1. The number of carbonyl (C=O) groups excluding carboxylic acids is 7. The molecule has 121 heavy (non-hydrogen) atoms. The van der Waals surface area contributed by atoms with Crippen LogP contribution >= 0.6 is 15.6 Å². The monoisotopic (exact) mass is 1770 g/mol. The Kier molecular flexibility index (Phi) is 66.0. The molecule has 32 heteroatoms. The number of aliphatic hydroxyl groups is 2. The molecule has 14 atom stereocenters. The van der Waals surface area contributed by atoms with Gasteiger partial charge in [0.25, 0.3) is 0 Å². The molecule has 0 bridgehead atoms. The van der Waals surface area contributed by atoms with Gasteiger partial charge in [0, 0.05) is 26.2 Å². The molecule has 0 aromatic carbocycles. The second-order valence-corrected chi connectivity index (χ2v) is 36.2. The highest BCUT2D eigenvalue weighted by Crippen LogP contribution is 2.43. The van der Waals surface area contributed by atoms with E-state index in [0.29, 0.717) is 44.9 Å². The lowest BCUT2D eigenvalue weighted by Crippen LogP contribution is -2.68. The lowest BCUT2D eigenvalue weighted by atomic mass is 9.95. The van der Waals surface area contributed by atoms with Crippen LogP contribution in [-0.4, -0.2) is 188 Å². The third-order valence-electron chi connectivity index (χ3n) is 22.4. The van der Waals surface area contributed by atoms with Crippen LogP contribution in [0.2, 0.25) is 0 Å². The molecule has 3 amide bonds. The highest BCUT2D eigenvalue weighted by atomic mass is 31.2. The van der Waals surface area contributed by atoms with Crippen LogP contribution in [0.4, 0.5) is 0 Å². The van der Waals surface area contributed by atoms with Gasteiger partial charge in [-0.2, -0.15) is 0 Å². The second-order valence-electron chi connectivity index (χ2n) is 33.7. The third-order valence-corrected chi connectivity index (χ3v) is 23.4. The van der Waals surface area contributed by atoms with E-state index in [1.165, 1.54) is 0 Å². The molecule has 0 aromatic rings. The van der Waals surface area contributed by atoms with Gasteiger partial charge in [0.2, 0.25) is 17.7 Å². The van der Waals surface area contributed by atoms with Gasteiger partial charge in [0.1, 0.15) is 60.9 Å². The zero-order valence-electron chi connectivity index (χ0n) is 75.2. The van der Waals surface area contributed by atoms with E-state index in [9.17, 15) is 72.8 Å². The van der Waals surface area contributed by atoms with E-state index < -0.39 is 188 Å². The molecule has 2 saturated heterocycles. The lowest BCUT2D eigenvalue weighted by Gasteiger charge is -2.47. The van der Waals surface area contributed by atoms with Crippen LogP contribution in [0.25, 0.3) is 0 Å². The minimum atomic E-state index is -5.89. The summed E-state index contributed by atoms with van der Waals surface area (Å²) in [6, 6.07) is -5.73. The maximum absolute atomic E-state index is 15.3. The van der Waals surface area contributed by atoms with Crippen molar-refractivity contribution >= 4 is 63.2 Å². The third kappa shape index (κ3) is 58.0. The van der Waals surface area contributed by atoms with E-state index in [0.717, 1.165) is 270 Å². The molecule has 0 spiro atoms. The van der Waals surface area contributed by atoms with Crippen molar-refractivity contribution < 1.29 is 129 Å². The largest absolute Gasteiger partial charge is 0.480 e. The zero-order chi connectivity index (χ0) is 89.3. The Hall–Kier alpha value is -4.26. The van der Waals surface area contributed by atoms with Gasteiger partial charge in [-0.05, 0) is 57.8 Å². The summed E-state index contributed by atoms with van der Waals surface area (Å²) in [5.74, 6) is -7.08. The number of hydrogen-bond donors (Lipinski definition) is 10. The number of carboxylic acid groups (broad SMARTS) is 1. The molecule has 708 valence electrons. The summed E-state index contributed by atoms with van der Waals surface area (Å²) >= 11 is 0. The van der Waals surface area contributed by atoms with Crippen molar-refractivity contribution in [2.45, 2.75) is 500 Å². The van der Waals surface area contributed by atoms with Gasteiger partial charge in [0.15, 0.2) is 24.7 Å². The molecule has 2 aliphatic heterocycles. The van der Waals surface area contributed by atoms with Gasteiger partial charge in [-0.15, -0.1) is 0 Å². The van der Waals surface area contributed by atoms with Crippen LogP contribution in [0.15, 0.2) is 0 Å². The van der Waals surface area contributed by atoms with E-state index in [1.54, 1.807) is 0 Å². The van der Waals surface area contributed by atoms with E-state index in [4.69, 9.17) is 42.4 Å². The quantitative estimate of drug-likeness (QED) is 0.0117. The van der Waals surface area contributed by atoms with Crippen molar-refractivity contribution in [3.05, 3.63) is 0 Å². The average Bonchev–Trinajstić information content (AvgIpc) is 0.774. The number of phosphoric ester groups is 2. The summed E-state index contributed by atoms with van der Waals surface area (Å²) in [6.45, 7) is 10.7. The molecule has 10 N–H and O–H groups in total. The topological polar surface area (TPSA) is 441 Å². The van der Waals surface area contributed by atoms with Crippen molar-refractivity contribution in [1.82, 2.24) is 16.0 Å². The highest BCUT2D eigenvalue weighted by Gasteiger charge is 2.54. The first kappa shape index (κ1) is 113. The van der Waals surface area contributed by atoms with Crippen molar-refractivity contribution in [1.29, 1.82) is 0 Å². The van der Waals surface area contributed by atoms with Crippen molar-refractivity contribution in [3.8, 4) is 0 Å². The average molecular weight is 1770 g/mol. The summed E-state index contributed by atoms with van der Waals surface area (Å²) in [4.78, 5) is 154. The fourth-order valence-electron chi connectivity index (χ4n) is 15.5. The van der Waals surface area contributed by atoms with Crippen molar-refractivity contribution in [2.75, 3.05) is 19.8 Å². The Morgan fingerprint density at radius 1 is 0.372 bits per heavy atom. The molecule has 0 saturated carbocycles. The van der Waals surface area contributed by atoms with Crippen LogP contribution < -0.4 is 16.0 Å². The number of unbranched alkanes of at least 4 members (excludes halogenated alkanes) is 42. The van der Waals surface area contributed by atoms with Gasteiger partial charge < -0.3 is 88.7 Å². The fraction of sp³-hybridized carbons (Fsp3) is 0.910. The molecule has 2 aliphatic rings. The Labute approximate surface area is 725 Å². The van der Waals surface area contributed by atoms with E-state index in [2.05, 4.69) is 62.0 Å². The first-order valence-electron chi connectivity index (χ1n) is 47.3. The molecule has 0 radical (unpaired) electrons. The van der Waals surface area contributed by atoms with Crippen molar-refractivity contribution in [2.24, 2.45) is 0 Å². The van der Waals surface area contributed by atoms with E-state index in [1.807, 2.05) is 0 Å². The van der Waals surface area contributed by atoms with Crippen LogP contribution in [0.3, 0.4) is 0 Å². The second kappa shape index (κ2) is 70.8.